The number of hydrogen-bond donors (Lipinski definition) is 2. The molecule has 84 valence electrons. The molecule has 1 aromatic heterocycles. The van der Waals surface area contributed by atoms with Crippen LogP contribution in [0.2, 0.25) is 0 Å². The minimum atomic E-state index is -3.35. The zero-order valence-electron chi connectivity index (χ0n) is 8.82. The van der Waals surface area contributed by atoms with Gasteiger partial charge in [-0.1, -0.05) is 19.9 Å². The smallest absolute Gasteiger partial charge is 0.237 e. The van der Waals surface area contributed by atoms with Crippen LogP contribution in [-0.2, 0) is 10.0 Å². The molecule has 0 amide bonds. The van der Waals surface area contributed by atoms with E-state index in [-0.39, 0.29) is 11.7 Å². The first kappa shape index (κ1) is 11.8. The lowest BCUT2D eigenvalue weighted by molar-refractivity contribution is 0.604. The van der Waals surface area contributed by atoms with Crippen LogP contribution in [0.15, 0.2) is 18.7 Å². The molecule has 1 aromatic rings. The predicted octanol–water partition coefficient (Wildman–Crippen LogP) is 1.46. The number of anilines is 1. The number of nitrogens with one attached hydrogen (secondary N) is 2. The Hall–Kier alpha value is -1.30. The number of nitrogens with zero attached hydrogens (tertiary/aromatic N) is 1. The molecule has 1 heterocycles. The molecule has 0 saturated carbocycles. The molecule has 0 unspecified atom stereocenters. The Morgan fingerprint density at radius 2 is 2.33 bits per heavy atom. The fourth-order valence-electron chi connectivity index (χ4n) is 1.04. The molecule has 0 radical (unpaired) electrons. The Labute approximate surface area is 89.6 Å². The summed E-state index contributed by atoms with van der Waals surface area (Å²) in [5.74, 6) is 0.493. The Balaban J connectivity index is 2.77. The van der Waals surface area contributed by atoms with Crippen LogP contribution in [0.4, 0.5) is 5.82 Å². The Bertz CT molecular complexity index is 434. The van der Waals surface area contributed by atoms with Crippen LogP contribution in [0, 0.1) is 0 Å². The minimum absolute atomic E-state index is 0.114. The van der Waals surface area contributed by atoms with Crippen LogP contribution in [-0.4, -0.2) is 24.4 Å². The van der Waals surface area contributed by atoms with Crippen molar-refractivity contribution in [2.45, 2.75) is 19.8 Å². The summed E-state index contributed by atoms with van der Waals surface area (Å²) in [6.07, 6.45) is 1.33. The second-order valence-corrected chi connectivity index (χ2v) is 5.30. The summed E-state index contributed by atoms with van der Waals surface area (Å²) < 4.78 is 25.0. The molecule has 1 rings (SSSR count). The predicted molar refractivity (Wildman–Crippen MR) is 60.3 cm³/mol. The summed E-state index contributed by atoms with van der Waals surface area (Å²) in [5, 5.41) is 6.62. The molecular formula is C9H15N3O2S. The highest BCUT2D eigenvalue weighted by Gasteiger charge is 2.11. The van der Waals surface area contributed by atoms with Crippen LogP contribution < -0.4 is 4.72 Å². The number of sulfonamides is 1. The largest absolute Gasteiger partial charge is 0.280 e. The fourth-order valence-corrected chi connectivity index (χ4v) is 1.86. The van der Waals surface area contributed by atoms with E-state index < -0.39 is 10.0 Å². The van der Waals surface area contributed by atoms with Gasteiger partial charge in [0.25, 0.3) is 0 Å². The maximum absolute atomic E-state index is 11.3. The number of aromatic amines is 1. The van der Waals surface area contributed by atoms with Gasteiger partial charge in [0, 0.05) is 11.8 Å². The van der Waals surface area contributed by atoms with Gasteiger partial charge in [0.15, 0.2) is 5.82 Å². The lowest BCUT2D eigenvalue weighted by Crippen LogP contribution is -2.15. The van der Waals surface area contributed by atoms with E-state index in [1.54, 1.807) is 6.07 Å². The van der Waals surface area contributed by atoms with E-state index in [0.29, 0.717) is 5.82 Å². The zero-order valence-corrected chi connectivity index (χ0v) is 9.63. The molecule has 0 atom stereocenters. The van der Waals surface area contributed by atoms with Crippen molar-refractivity contribution in [2.24, 2.45) is 0 Å². The molecule has 0 aliphatic carbocycles. The van der Waals surface area contributed by atoms with E-state index in [1.807, 2.05) is 13.8 Å². The van der Waals surface area contributed by atoms with Crippen molar-refractivity contribution in [1.29, 1.82) is 0 Å². The Morgan fingerprint density at radius 3 is 2.80 bits per heavy atom. The van der Waals surface area contributed by atoms with E-state index in [0.717, 1.165) is 5.69 Å². The maximum atomic E-state index is 11.3. The van der Waals surface area contributed by atoms with Crippen molar-refractivity contribution >= 4 is 15.8 Å². The van der Waals surface area contributed by atoms with Gasteiger partial charge in [0.05, 0.1) is 5.75 Å². The monoisotopic (exact) mass is 229 g/mol. The highest BCUT2D eigenvalue weighted by Crippen LogP contribution is 2.15. The summed E-state index contributed by atoms with van der Waals surface area (Å²) in [6, 6.07) is 1.69. The quantitative estimate of drug-likeness (QED) is 0.751. The molecule has 5 nitrogen and oxygen atoms in total. The number of H-pyrrole nitrogens is 1. The van der Waals surface area contributed by atoms with E-state index in [1.165, 1.54) is 6.08 Å². The third-order valence-electron chi connectivity index (χ3n) is 1.82. The summed E-state index contributed by atoms with van der Waals surface area (Å²) in [5.41, 5.74) is 0.895. The molecule has 15 heavy (non-hydrogen) atoms. The van der Waals surface area contributed by atoms with Crippen LogP contribution in [0.25, 0.3) is 0 Å². The Kier molecular flexibility index (Phi) is 3.52. The van der Waals surface area contributed by atoms with Gasteiger partial charge in [-0.05, 0) is 5.92 Å². The Morgan fingerprint density at radius 1 is 1.67 bits per heavy atom. The molecule has 0 bridgehead atoms. The molecule has 2 N–H and O–H groups in total. The van der Waals surface area contributed by atoms with Gasteiger partial charge < -0.3 is 0 Å². The van der Waals surface area contributed by atoms with Crippen LogP contribution in [0.3, 0.4) is 0 Å². The van der Waals surface area contributed by atoms with Gasteiger partial charge in [-0.25, -0.2) is 8.42 Å². The highest BCUT2D eigenvalue weighted by molar-refractivity contribution is 7.92. The summed E-state index contributed by atoms with van der Waals surface area (Å²) in [6.45, 7) is 7.36. The molecule has 0 aliphatic rings. The summed E-state index contributed by atoms with van der Waals surface area (Å²) in [4.78, 5) is 0. The number of aromatic nitrogens is 2. The molecule has 0 aliphatic heterocycles. The SMILES string of the molecule is C=CCS(=O)(=O)Nc1cc(C(C)C)[nH]n1. The van der Waals surface area contributed by atoms with Gasteiger partial charge in [0.2, 0.25) is 10.0 Å². The second-order valence-electron chi connectivity index (χ2n) is 3.54. The molecule has 6 heteroatoms. The first-order chi connectivity index (χ1) is 6.94. The van der Waals surface area contributed by atoms with Crippen molar-refractivity contribution in [3.8, 4) is 0 Å². The molecule has 0 fully saturated rings. The number of hydrogen-bond acceptors (Lipinski definition) is 3. The van der Waals surface area contributed by atoms with Crippen molar-refractivity contribution in [3.05, 3.63) is 24.4 Å². The third-order valence-corrected chi connectivity index (χ3v) is 3.01. The van der Waals surface area contributed by atoms with Gasteiger partial charge in [-0.15, -0.1) is 6.58 Å². The van der Waals surface area contributed by atoms with Gasteiger partial charge in [0.1, 0.15) is 0 Å². The van der Waals surface area contributed by atoms with Crippen LogP contribution >= 0.6 is 0 Å². The molecule has 0 saturated heterocycles. The average molecular weight is 229 g/mol. The van der Waals surface area contributed by atoms with Crippen LogP contribution in [0.1, 0.15) is 25.5 Å². The summed E-state index contributed by atoms with van der Waals surface area (Å²) >= 11 is 0. The van der Waals surface area contributed by atoms with Gasteiger partial charge in [-0.2, -0.15) is 5.10 Å². The lowest BCUT2D eigenvalue weighted by atomic mass is 10.1. The molecular weight excluding hydrogens is 214 g/mol. The second kappa shape index (κ2) is 4.48. The molecule has 0 spiro atoms. The maximum Gasteiger partial charge on any atom is 0.237 e. The first-order valence-corrected chi connectivity index (χ1v) is 6.26. The van der Waals surface area contributed by atoms with E-state index in [2.05, 4.69) is 21.5 Å². The fraction of sp³-hybridized carbons (Fsp3) is 0.444. The van der Waals surface area contributed by atoms with Gasteiger partial charge in [-0.3, -0.25) is 9.82 Å². The topological polar surface area (TPSA) is 74.8 Å². The van der Waals surface area contributed by atoms with Crippen molar-refractivity contribution in [2.75, 3.05) is 10.5 Å². The molecule has 0 aromatic carbocycles. The lowest BCUT2D eigenvalue weighted by Gasteiger charge is -2.01. The van der Waals surface area contributed by atoms with E-state index >= 15 is 0 Å². The normalized spacial score (nSPS) is 11.7. The van der Waals surface area contributed by atoms with Gasteiger partial charge >= 0.3 is 0 Å². The van der Waals surface area contributed by atoms with Crippen molar-refractivity contribution in [3.63, 3.8) is 0 Å². The highest BCUT2D eigenvalue weighted by atomic mass is 32.2. The van der Waals surface area contributed by atoms with E-state index in [4.69, 9.17) is 0 Å². The van der Waals surface area contributed by atoms with Crippen LogP contribution in [0.5, 0.6) is 0 Å². The third kappa shape index (κ3) is 3.39. The average Bonchev–Trinajstić information content (AvgIpc) is 2.51. The van der Waals surface area contributed by atoms with Crippen molar-refractivity contribution in [1.82, 2.24) is 10.2 Å². The van der Waals surface area contributed by atoms with E-state index in [9.17, 15) is 8.42 Å². The van der Waals surface area contributed by atoms with Crippen molar-refractivity contribution < 1.29 is 8.42 Å². The standard InChI is InChI=1S/C9H15N3O2S/c1-4-5-15(13,14)12-9-6-8(7(2)3)10-11-9/h4,6-7H,1,5H2,2-3H3,(H2,10,11,12). The first-order valence-electron chi connectivity index (χ1n) is 4.61. The minimum Gasteiger partial charge on any atom is -0.280 e. The summed E-state index contributed by atoms with van der Waals surface area (Å²) in [7, 11) is -3.35. The zero-order chi connectivity index (χ0) is 11.5. The number of rotatable bonds is 5.